The first-order valence-corrected chi connectivity index (χ1v) is 3.56. The van der Waals surface area contributed by atoms with Crippen molar-refractivity contribution in [1.82, 2.24) is 5.32 Å². The molecule has 0 aromatic rings. The Bertz CT molecular complexity index is 101. The van der Waals surface area contributed by atoms with E-state index in [1.807, 2.05) is 0 Å². The zero-order valence-corrected chi connectivity index (χ0v) is 5.41. The van der Waals surface area contributed by atoms with E-state index in [0.717, 1.165) is 5.92 Å². The molecule has 1 atom stereocenters. The van der Waals surface area contributed by atoms with E-state index in [9.17, 15) is 0 Å². The van der Waals surface area contributed by atoms with Crippen molar-refractivity contribution in [3.8, 4) is 0 Å². The van der Waals surface area contributed by atoms with Gasteiger partial charge >= 0.3 is 0 Å². The Balaban J connectivity index is 1.99. The second-order valence-corrected chi connectivity index (χ2v) is 3.37. The largest absolute Gasteiger partial charge is 0.311 e. The lowest BCUT2D eigenvalue weighted by Crippen LogP contribution is -2.56. The highest BCUT2D eigenvalue weighted by molar-refractivity contribution is 5.03. The Morgan fingerprint density at radius 1 is 1.50 bits per heavy atom. The summed E-state index contributed by atoms with van der Waals surface area (Å²) in [6.07, 6.45) is 4.37. The van der Waals surface area contributed by atoms with Gasteiger partial charge in [0.2, 0.25) is 0 Å². The molecule has 1 saturated heterocycles. The fourth-order valence-corrected chi connectivity index (χ4v) is 1.59. The van der Waals surface area contributed by atoms with E-state index in [2.05, 4.69) is 12.2 Å². The molecule has 0 radical (unpaired) electrons. The van der Waals surface area contributed by atoms with Crippen molar-refractivity contribution >= 4 is 0 Å². The molecule has 1 unspecified atom stereocenters. The topological polar surface area (TPSA) is 12.0 Å². The van der Waals surface area contributed by atoms with E-state index in [4.69, 9.17) is 0 Å². The molecule has 1 saturated carbocycles. The van der Waals surface area contributed by atoms with Gasteiger partial charge in [0.25, 0.3) is 0 Å². The molecule has 0 aromatic heterocycles. The summed E-state index contributed by atoms with van der Waals surface area (Å²) in [6.45, 7) is 3.61. The maximum atomic E-state index is 3.48. The van der Waals surface area contributed by atoms with Crippen LogP contribution in [0, 0.1) is 5.92 Å². The molecule has 46 valence electrons. The van der Waals surface area contributed by atoms with Gasteiger partial charge in [-0.2, -0.15) is 0 Å². The van der Waals surface area contributed by atoms with Gasteiger partial charge in [0, 0.05) is 5.54 Å². The quantitative estimate of drug-likeness (QED) is 0.535. The first-order chi connectivity index (χ1) is 3.81. The fourth-order valence-electron chi connectivity index (χ4n) is 1.59. The van der Waals surface area contributed by atoms with E-state index >= 15 is 0 Å². The average Bonchev–Trinajstić information content (AvgIpc) is 2.38. The van der Waals surface area contributed by atoms with Crippen LogP contribution in [0.4, 0.5) is 0 Å². The summed E-state index contributed by atoms with van der Waals surface area (Å²) < 4.78 is 0. The Morgan fingerprint density at radius 2 is 2.12 bits per heavy atom. The fraction of sp³-hybridized carbons (Fsp3) is 1.00. The number of hydrogen-bond donors (Lipinski definition) is 1. The molecule has 8 heavy (non-hydrogen) atoms. The SMILES string of the molecule is CC1(C2CC2)CCN1. The molecule has 1 nitrogen and oxygen atoms in total. The van der Waals surface area contributed by atoms with Gasteiger partial charge < -0.3 is 5.32 Å². The van der Waals surface area contributed by atoms with Gasteiger partial charge in [-0.05, 0) is 38.6 Å². The Hall–Kier alpha value is -0.0400. The van der Waals surface area contributed by atoms with Gasteiger partial charge in [-0.1, -0.05) is 0 Å². The van der Waals surface area contributed by atoms with Crippen LogP contribution in [0.2, 0.25) is 0 Å². The predicted molar refractivity (Wildman–Crippen MR) is 33.7 cm³/mol. The lowest BCUT2D eigenvalue weighted by atomic mass is 9.85. The minimum atomic E-state index is 0.583. The van der Waals surface area contributed by atoms with Crippen LogP contribution in [0.5, 0.6) is 0 Å². The molecular weight excluding hydrogens is 98.1 g/mol. The lowest BCUT2D eigenvalue weighted by Gasteiger charge is -2.40. The molecule has 1 heterocycles. The Labute approximate surface area is 50.5 Å². The maximum absolute atomic E-state index is 3.48. The average molecular weight is 111 g/mol. The third-order valence-electron chi connectivity index (χ3n) is 2.65. The van der Waals surface area contributed by atoms with Crippen LogP contribution >= 0.6 is 0 Å². The molecule has 0 bridgehead atoms. The standard InChI is InChI=1S/C7H13N/c1-7(4-5-8-7)6-2-3-6/h6,8H,2-5H2,1H3. The first kappa shape index (κ1) is 4.80. The van der Waals surface area contributed by atoms with E-state index in [-0.39, 0.29) is 0 Å². The van der Waals surface area contributed by atoms with Crippen LogP contribution in [0.1, 0.15) is 26.2 Å². The molecule has 0 aromatic carbocycles. The summed E-state index contributed by atoms with van der Waals surface area (Å²) in [5, 5.41) is 3.48. The first-order valence-electron chi connectivity index (χ1n) is 3.56. The summed E-state index contributed by atoms with van der Waals surface area (Å²) in [5.41, 5.74) is 0.583. The van der Waals surface area contributed by atoms with Crippen molar-refractivity contribution in [1.29, 1.82) is 0 Å². The lowest BCUT2D eigenvalue weighted by molar-refractivity contribution is 0.199. The highest BCUT2D eigenvalue weighted by Crippen LogP contribution is 2.43. The summed E-state index contributed by atoms with van der Waals surface area (Å²) in [5.74, 6) is 1.04. The van der Waals surface area contributed by atoms with E-state index in [1.54, 1.807) is 0 Å². The molecule has 0 spiro atoms. The maximum Gasteiger partial charge on any atom is 0.0193 e. The van der Waals surface area contributed by atoms with E-state index < -0.39 is 0 Å². The van der Waals surface area contributed by atoms with Crippen LogP contribution in [0.25, 0.3) is 0 Å². The van der Waals surface area contributed by atoms with Crippen molar-refractivity contribution in [2.24, 2.45) is 5.92 Å². The normalized spacial score (nSPS) is 46.1. The Morgan fingerprint density at radius 3 is 2.25 bits per heavy atom. The summed E-state index contributed by atoms with van der Waals surface area (Å²) in [6, 6.07) is 0. The molecule has 1 N–H and O–H groups in total. The molecule has 1 heteroatoms. The van der Waals surface area contributed by atoms with Crippen molar-refractivity contribution in [3.05, 3.63) is 0 Å². The minimum Gasteiger partial charge on any atom is -0.311 e. The van der Waals surface area contributed by atoms with Gasteiger partial charge in [0.15, 0.2) is 0 Å². The predicted octanol–water partition coefficient (Wildman–Crippen LogP) is 1.15. The van der Waals surface area contributed by atoms with Crippen molar-refractivity contribution < 1.29 is 0 Å². The van der Waals surface area contributed by atoms with Crippen molar-refractivity contribution in [2.45, 2.75) is 31.7 Å². The molecule has 2 fully saturated rings. The third kappa shape index (κ3) is 0.510. The third-order valence-corrected chi connectivity index (χ3v) is 2.65. The smallest absolute Gasteiger partial charge is 0.0193 e. The molecule has 1 aliphatic heterocycles. The monoisotopic (exact) mass is 111 g/mol. The summed E-state index contributed by atoms with van der Waals surface area (Å²) in [4.78, 5) is 0. The zero-order valence-electron chi connectivity index (χ0n) is 5.41. The van der Waals surface area contributed by atoms with Crippen LogP contribution in [0.15, 0.2) is 0 Å². The van der Waals surface area contributed by atoms with Gasteiger partial charge in [-0.25, -0.2) is 0 Å². The second kappa shape index (κ2) is 1.27. The number of hydrogen-bond acceptors (Lipinski definition) is 1. The molecular formula is C7H13N. The van der Waals surface area contributed by atoms with Crippen LogP contribution in [-0.2, 0) is 0 Å². The summed E-state index contributed by atoms with van der Waals surface area (Å²) in [7, 11) is 0. The molecule has 2 rings (SSSR count). The van der Waals surface area contributed by atoms with Gasteiger partial charge in [-0.3, -0.25) is 0 Å². The molecule has 1 aliphatic carbocycles. The summed E-state index contributed by atoms with van der Waals surface area (Å²) >= 11 is 0. The van der Waals surface area contributed by atoms with Crippen molar-refractivity contribution in [3.63, 3.8) is 0 Å². The number of nitrogens with one attached hydrogen (secondary N) is 1. The van der Waals surface area contributed by atoms with Gasteiger partial charge in [0.1, 0.15) is 0 Å². The molecule has 0 amide bonds. The Kier molecular flexibility index (Phi) is 0.762. The minimum absolute atomic E-state index is 0.583. The van der Waals surface area contributed by atoms with Gasteiger partial charge in [0.05, 0.1) is 0 Å². The van der Waals surface area contributed by atoms with E-state index in [0.29, 0.717) is 5.54 Å². The number of rotatable bonds is 1. The second-order valence-electron chi connectivity index (χ2n) is 3.37. The van der Waals surface area contributed by atoms with E-state index in [1.165, 1.54) is 25.8 Å². The van der Waals surface area contributed by atoms with Crippen LogP contribution in [-0.4, -0.2) is 12.1 Å². The molecule has 2 aliphatic rings. The zero-order chi connectivity index (χ0) is 5.61. The van der Waals surface area contributed by atoms with Gasteiger partial charge in [-0.15, -0.1) is 0 Å². The van der Waals surface area contributed by atoms with Crippen LogP contribution < -0.4 is 5.32 Å². The van der Waals surface area contributed by atoms with Crippen LogP contribution in [0.3, 0.4) is 0 Å². The highest BCUT2D eigenvalue weighted by Gasteiger charge is 2.44. The highest BCUT2D eigenvalue weighted by atomic mass is 15.1. The van der Waals surface area contributed by atoms with Crippen molar-refractivity contribution in [2.75, 3.05) is 6.54 Å².